The Morgan fingerprint density at radius 1 is 1.10 bits per heavy atom. The van der Waals surface area contributed by atoms with Crippen LogP contribution in [0, 0.1) is 0 Å². The maximum absolute atomic E-state index is 9.04. The number of halogens is 1. The second kappa shape index (κ2) is 6.54. The monoisotopic (exact) mass is 349 g/mol. The Morgan fingerprint density at radius 2 is 1.71 bits per heavy atom. The summed E-state index contributed by atoms with van der Waals surface area (Å²) in [5.74, 6) is 1.60. The first-order valence-electron chi connectivity index (χ1n) is 6.86. The van der Waals surface area contributed by atoms with Crippen LogP contribution >= 0.6 is 15.9 Å². The normalized spacial score (nSPS) is 11.5. The van der Waals surface area contributed by atoms with Crippen LogP contribution in [0.25, 0.3) is 0 Å². The zero-order valence-corrected chi connectivity index (χ0v) is 14.1. The Bertz CT molecular complexity index is 606. The van der Waals surface area contributed by atoms with E-state index in [1.165, 1.54) is 0 Å². The van der Waals surface area contributed by atoms with Gasteiger partial charge in [0.15, 0.2) is 0 Å². The lowest BCUT2D eigenvalue weighted by molar-refractivity contribution is 0.282. The summed E-state index contributed by atoms with van der Waals surface area (Å²) in [4.78, 5) is 8.98. The van der Waals surface area contributed by atoms with Crippen molar-refractivity contribution in [2.24, 2.45) is 0 Å². The molecule has 0 aliphatic heterocycles. The number of aliphatic hydroxyl groups is 1. The third-order valence-electron chi connectivity index (χ3n) is 3.04. The predicted octanol–water partition coefficient (Wildman–Crippen LogP) is 3.64. The van der Waals surface area contributed by atoms with Crippen molar-refractivity contribution in [3.8, 4) is 0 Å². The lowest BCUT2D eigenvalue weighted by atomic mass is 9.96. The molecule has 2 aromatic rings. The molecule has 5 heteroatoms. The third kappa shape index (κ3) is 4.51. The van der Waals surface area contributed by atoms with Crippen molar-refractivity contribution >= 4 is 21.7 Å². The molecule has 0 atom stereocenters. The molecule has 2 rings (SSSR count). The van der Waals surface area contributed by atoms with Gasteiger partial charge in [0.25, 0.3) is 0 Å². The molecule has 0 spiro atoms. The molecule has 1 heterocycles. The standard InChI is InChI=1S/C16H20BrN3O/c1-16(2,3)15-19-13(17)8-14(20-15)18-9-11-4-6-12(10-21)7-5-11/h4-8,21H,9-10H2,1-3H3,(H,18,19,20). The van der Waals surface area contributed by atoms with Crippen LogP contribution in [-0.2, 0) is 18.6 Å². The van der Waals surface area contributed by atoms with E-state index < -0.39 is 0 Å². The summed E-state index contributed by atoms with van der Waals surface area (Å²) >= 11 is 3.43. The number of hydrogen-bond acceptors (Lipinski definition) is 4. The molecule has 1 aromatic carbocycles. The zero-order valence-electron chi connectivity index (χ0n) is 12.5. The van der Waals surface area contributed by atoms with Gasteiger partial charge in [-0.05, 0) is 27.1 Å². The minimum absolute atomic E-state index is 0.0709. The van der Waals surface area contributed by atoms with Crippen LogP contribution in [0.15, 0.2) is 34.9 Å². The number of anilines is 1. The fourth-order valence-corrected chi connectivity index (χ4v) is 2.18. The van der Waals surface area contributed by atoms with Gasteiger partial charge in [0, 0.05) is 18.0 Å². The lowest BCUT2D eigenvalue weighted by Gasteiger charge is -2.18. The first kappa shape index (κ1) is 15.9. The summed E-state index contributed by atoms with van der Waals surface area (Å²) < 4.78 is 0.778. The van der Waals surface area contributed by atoms with Gasteiger partial charge in [-0.1, -0.05) is 45.0 Å². The number of aliphatic hydroxyl groups excluding tert-OH is 1. The van der Waals surface area contributed by atoms with Gasteiger partial charge in [0.05, 0.1) is 6.61 Å². The largest absolute Gasteiger partial charge is 0.392 e. The highest BCUT2D eigenvalue weighted by Gasteiger charge is 2.18. The van der Waals surface area contributed by atoms with Crippen molar-refractivity contribution in [2.75, 3.05) is 5.32 Å². The first-order chi connectivity index (χ1) is 9.88. The molecule has 2 N–H and O–H groups in total. The van der Waals surface area contributed by atoms with Crippen molar-refractivity contribution < 1.29 is 5.11 Å². The van der Waals surface area contributed by atoms with Crippen LogP contribution in [0.2, 0.25) is 0 Å². The predicted molar refractivity (Wildman–Crippen MR) is 88.1 cm³/mol. The molecule has 0 saturated carbocycles. The highest BCUT2D eigenvalue weighted by Crippen LogP contribution is 2.22. The zero-order chi connectivity index (χ0) is 15.5. The van der Waals surface area contributed by atoms with E-state index in [-0.39, 0.29) is 12.0 Å². The number of nitrogens with zero attached hydrogens (tertiary/aromatic N) is 2. The summed E-state index contributed by atoms with van der Waals surface area (Å²) in [6.07, 6.45) is 0. The van der Waals surface area contributed by atoms with E-state index in [2.05, 4.69) is 52.0 Å². The molecule has 112 valence electrons. The van der Waals surface area contributed by atoms with Crippen LogP contribution in [0.1, 0.15) is 37.7 Å². The van der Waals surface area contributed by atoms with Gasteiger partial charge in [-0.25, -0.2) is 9.97 Å². The van der Waals surface area contributed by atoms with E-state index in [1.54, 1.807) is 0 Å². The van der Waals surface area contributed by atoms with Crippen molar-refractivity contribution in [1.29, 1.82) is 0 Å². The molecular weight excluding hydrogens is 330 g/mol. The van der Waals surface area contributed by atoms with E-state index in [4.69, 9.17) is 5.11 Å². The SMILES string of the molecule is CC(C)(C)c1nc(Br)cc(NCc2ccc(CO)cc2)n1. The van der Waals surface area contributed by atoms with E-state index in [1.807, 2.05) is 30.3 Å². The highest BCUT2D eigenvalue weighted by molar-refractivity contribution is 9.10. The Morgan fingerprint density at radius 3 is 2.29 bits per heavy atom. The van der Waals surface area contributed by atoms with E-state index in [9.17, 15) is 0 Å². The summed E-state index contributed by atoms with van der Waals surface area (Å²) in [6, 6.07) is 9.72. The van der Waals surface area contributed by atoms with Gasteiger partial charge in [0.1, 0.15) is 16.2 Å². The van der Waals surface area contributed by atoms with E-state index in [0.29, 0.717) is 6.54 Å². The minimum atomic E-state index is -0.0943. The first-order valence-corrected chi connectivity index (χ1v) is 7.65. The molecule has 0 fully saturated rings. The van der Waals surface area contributed by atoms with Crippen molar-refractivity contribution in [1.82, 2.24) is 9.97 Å². The second-order valence-corrected chi connectivity index (χ2v) is 6.79. The summed E-state index contributed by atoms with van der Waals surface area (Å²) in [5, 5.41) is 12.3. The lowest BCUT2D eigenvalue weighted by Crippen LogP contribution is -2.17. The summed E-state index contributed by atoms with van der Waals surface area (Å²) in [7, 11) is 0. The number of rotatable bonds is 4. The molecular formula is C16H20BrN3O. The average Bonchev–Trinajstić information content (AvgIpc) is 2.44. The molecule has 4 nitrogen and oxygen atoms in total. The maximum Gasteiger partial charge on any atom is 0.137 e. The quantitative estimate of drug-likeness (QED) is 0.827. The Hall–Kier alpha value is -1.46. The number of hydrogen-bond donors (Lipinski definition) is 2. The average molecular weight is 350 g/mol. The van der Waals surface area contributed by atoms with Gasteiger partial charge in [-0.3, -0.25) is 0 Å². The fourth-order valence-electron chi connectivity index (χ4n) is 1.80. The molecule has 0 unspecified atom stereocenters. The minimum Gasteiger partial charge on any atom is -0.392 e. The maximum atomic E-state index is 9.04. The molecule has 1 aromatic heterocycles. The van der Waals surface area contributed by atoms with Crippen LogP contribution in [0.5, 0.6) is 0 Å². The second-order valence-electron chi connectivity index (χ2n) is 5.98. The van der Waals surface area contributed by atoms with Crippen LogP contribution in [0.4, 0.5) is 5.82 Å². The molecule has 0 bridgehead atoms. The Labute approximate surface area is 133 Å². The summed E-state index contributed by atoms with van der Waals surface area (Å²) in [6.45, 7) is 7.02. The van der Waals surface area contributed by atoms with Gasteiger partial charge in [-0.2, -0.15) is 0 Å². The molecule has 0 saturated heterocycles. The van der Waals surface area contributed by atoms with E-state index >= 15 is 0 Å². The Balaban J connectivity index is 2.10. The molecule has 0 aliphatic rings. The highest BCUT2D eigenvalue weighted by atomic mass is 79.9. The van der Waals surface area contributed by atoms with Gasteiger partial charge in [0.2, 0.25) is 0 Å². The fraction of sp³-hybridized carbons (Fsp3) is 0.375. The van der Waals surface area contributed by atoms with Gasteiger partial charge < -0.3 is 10.4 Å². The van der Waals surface area contributed by atoms with Crippen molar-refractivity contribution in [2.45, 2.75) is 39.3 Å². The Kier molecular flexibility index (Phi) is 4.96. The number of nitrogens with one attached hydrogen (secondary N) is 1. The van der Waals surface area contributed by atoms with Crippen LogP contribution in [-0.4, -0.2) is 15.1 Å². The smallest absolute Gasteiger partial charge is 0.137 e. The molecule has 0 radical (unpaired) electrons. The van der Waals surface area contributed by atoms with Crippen molar-refractivity contribution in [3.05, 3.63) is 51.9 Å². The third-order valence-corrected chi connectivity index (χ3v) is 3.45. The van der Waals surface area contributed by atoms with Gasteiger partial charge in [-0.15, -0.1) is 0 Å². The molecule has 0 amide bonds. The number of aromatic nitrogens is 2. The molecule has 0 aliphatic carbocycles. The van der Waals surface area contributed by atoms with E-state index in [0.717, 1.165) is 27.4 Å². The van der Waals surface area contributed by atoms with Crippen molar-refractivity contribution in [3.63, 3.8) is 0 Å². The van der Waals surface area contributed by atoms with Crippen LogP contribution < -0.4 is 5.32 Å². The molecule has 21 heavy (non-hydrogen) atoms. The van der Waals surface area contributed by atoms with Gasteiger partial charge >= 0.3 is 0 Å². The topological polar surface area (TPSA) is 58.0 Å². The van der Waals surface area contributed by atoms with Crippen LogP contribution in [0.3, 0.4) is 0 Å². The summed E-state index contributed by atoms with van der Waals surface area (Å²) in [5.41, 5.74) is 1.96. The number of benzene rings is 1.